The lowest BCUT2D eigenvalue weighted by molar-refractivity contribution is -0.121. The van der Waals surface area contributed by atoms with Crippen molar-refractivity contribution in [3.63, 3.8) is 0 Å². The molecule has 1 atom stereocenters. The van der Waals surface area contributed by atoms with Gasteiger partial charge in [0.05, 0.1) is 13.2 Å². The molecule has 1 aliphatic heterocycles. The number of hydrogen-bond acceptors (Lipinski definition) is 3. The van der Waals surface area contributed by atoms with Gasteiger partial charge in [-0.2, -0.15) is 0 Å². The van der Waals surface area contributed by atoms with Gasteiger partial charge >= 0.3 is 0 Å². The van der Waals surface area contributed by atoms with Crippen LogP contribution in [0.2, 0.25) is 0 Å². The van der Waals surface area contributed by atoms with E-state index in [-0.39, 0.29) is 11.4 Å². The molecule has 0 radical (unpaired) electrons. The molecule has 98 valence electrons. The van der Waals surface area contributed by atoms with E-state index in [1.54, 1.807) is 0 Å². The summed E-state index contributed by atoms with van der Waals surface area (Å²) in [6.45, 7) is 4.04. The van der Waals surface area contributed by atoms with E-state index >= 15 is 0 Å². The first-order valence-electron chi connectivity index (χ1n) is 6.80. The van der Waals surface area contributed by atoms with Gasteiger partial charge in [0.25, 0.3) is 0 Å². The Morgan fingerprint density at radius 1 is 1.35 bits per heavy atom. The number of amides is 1. The average molecular weight is 240 g/mol. The normalized spacial score (nSPS) is 30.4. The van der Waals surface area contributed by atoms with Crippen molar-refractivity contribution < 1.29 is 9.53 Å². The van der Waals surface area contributed by atoms with Gasteiger partial charge in [-0.3, -0.25) is 4.79 Å². The average Bonchev–Trinajstić information content (AvgIpc) is 2.76. The van der Waals surface area contributed by atoms with E-state index in [1.165, 1.54) is 19.3 Å². The summed E-state index contributed by atoms with van der Waals surface area (Å²) >= 11 is 0. The molecule has 1 unspecified atom stereocenters. The highest BCUT2D eigenvalue weighted by Crippen LogP contribution is 2.18. The number of carbonyl (C=O) groups is 1. The molecule has 1 aliphatic carbocycles. The van der Waals surface area contributed by atoms with Crippen molar-refractivity contribution in [2.75, 3.05) is 19.8 Å². The topological polar surface area (TPSA) is 50.4 Å². The highest BCUT2D eigenvalue weighted by molar-refractivity contribution is 5.78. The first-order valence-corrected chi connectivity index (χ1v) is 6.80. The molecule has 2 N–H and O–H groups in total. The minimum Gasteiger partial charge on any atom is -0.379 e. The summed E-state index contributed by atoms with van der Waals surface area (Å²) in [7, 11) is 0. The molecular weight excluding hydrogens is 216 g/mol. The van der Waals surface area contributed by atoms with E-state index in [2.05, 4.69) is 17.6 Å². The first-order chi connectivity index (χ1) is 8.18. The van der Waals surface area contributed by atoms with Crippen LogP contribution in [-0.4, -0.2) is 37.2 Å². The molecule has 1 heterocycles. The molecule has 2 fully saturated rings. The molecule has 0 aromatic carbocycles. The Bertz CT molecular complexity index is 256. The number of ether oxygens (including phenoxy) is 1. The van der Waals surface area contributed by atoms with Gasteiger partial charge in [0.15, 0.2) is 0 Å². The van der Waals surface area contributed by atoms with E-state index in [4.69, 9.17) is 4.74 Å². The van der Waals surface area contributed by atoms with Gasteiger partial charge in [-0.1, -0.05) is 19.3 Å². The molecule has 0 spiro atoms. The largest absolute Gasteiger partial charge is 0.379 e. The third-order valence-electron chi connectivity index (χ3n) is 3.86. The van der Waals surface area contributed by atoms with Crippen molar-refractivity contribution in [3.8, 4) is 0 Å². The Hall–Kier alpha value is -0.610. The Labute approximate surface area is 103 Å². The molecular formula is C13H24N2O2. The lowest BCUT2D eigenvalue weighted by Gasteiger charge is -2.26. The molecule has 17 heavy (non-hydrogen) atoms. The van der Waals surface area contributed by atoms with Gasteiger partial charge in [-0.05, 0) is 26.2 Å². The van der Waals surface area contributed by atoms with Gasteiger partial charge in [-0.15, -0.1) is 0 Å². The van der Waals surface area contributed by atoms with Crippen LogP contribution in [0.1, 0.15) is 45.4 Å². The van der Waals surface area contributed by atoms with Crippen LogP contribution in [0, 0.1) is 0 Å². The lowest BCUT2D eigenvalue weighted by Crippen LogP contribution is -2.49. The van der Waals surface area contributed by atoms with Crippen LogP contribution in [0.25, 0.3) is 0 Å². The van der Waals surface area contributed by atoms with Crippen molar-refractivity contribution >= 4 is 5.91 Å². The second-order valence-electron chi connectivity index (χ2n) is 5.62. The van der Waals surface area contributed by atoms with Crippen molar-refractivity contribution in [1.29, 1.82) is 0 Å². The summed E-state index contributed by atoms with van der Waals surface area (Å²) in [5.41, 5.74) is -0.0100. The van der Waals surface area contributed by atoms with Gasteiger partial charge < -0.3 is 15.4 Å². The molecule has 1 amide bonds. The summed E-state index contributed by atoms with van der Waals surface area (Å²) < 4.78 is 5.35. The molecule has 0 bridgehead atoms. The molecule has 2 aliphatic rings. The molecule has 4 nitrogen and oxygen atoms in total. The summed E-state index contributed by atoms with van der Waals surface area (Å²) in [6.07, 6.45) is 7.11. The predicted octanol–water partition coefficient (Wildman–Crippen LogP) is 1.20. The van der Waals surface area contributed by atoms with E-state index < -0.39 is 0 Å². The van der Waals surface area contributed by atoms with Crippen LogP contribution in [0.15, 0.2) is 0 Å². The second-order valence-corrected chi connectivity index (χ2v) is 5.62. The number of nitrogens with one attached hydrogen (secondary N) is 2. The van der Waals surface area contributed by atoms with Crippen molar-refractivity contribution in [2.45, 2.75) is 57.0 Å². The molecule has 0 aromatic heterocycles. The Morgan fingerprint density at radius 2 is 2.12 bits per heavy atom. The summed E-state index contributed by atoms with van der Waals surface area (Å²) in [4.78, 5) is 11.8. The van der Waals surface area contributed by atoms with Crippen molar-refractivity contribution in [2.24, 2.45) is 0 Å². The lowest BCUT2D eigenvalue weighted by atomic mass is 9.95. The minimum absolute atomic E-state index is 0.0100. The zero-order valence-electron chi connectivity index (χ0n) is 10.8. The summed E-state index contributed by atoms with van der Waals surface area (Å²) in [5.74, 6) is 0.130. The van der Waals surface area contributed by atoms with Gasteiger partial charge in [-0.25, -0.2) is 0 Å². The minimum atomic E-state index is -0.0100. The third kappa shape index (κ3) is 3.96. The number of hydrogen-bond donors (Lipinski definition) is 2. The van der Waals surface area contributed by atoms with Gasteiger partial charge in [0.1, 0.15) is 0 Å². The van der Waals surface area contributed by atoms with Crippen molar-refractivity contribution in [1.82, 2.24) is 10.6 Å². The Kier molecular flexibility index (Phi) is 4.40. The van der Waals surface area contributed by atoms with E-state index in [0.717, 1.165) is 25.9 Å². The summed E-state index contributed by atoms with van der Waals surface area (Å²) in [6, 6.07) is 0.408. The van der Waals surface area contributed by atoms with Crippen LogP contribution in [0.3, 0.4) is 0 Å². The third-order valence-corrected chi connectivity index (χ3v) is 3.86. The van der Waals surface area contributed by atoms with E-state index in [1.807, 2.05) is 0 Å². The van der Waals surface area contributed by atoms with Crippen molar-refractivity contribution in [3.05, 3.63) is 0 Å². The fourth-order valence-corrected chi connectivity index (χ4v) is 2.63. The predicted molar refractivity (Wildman–Crippen MR) is 66.9 cm³/mol. The second kappa shape index (κ2) is 5.83. The Morgan fingerprint density at radius 3 is 2.76 bits per heavy atom. The maximum Gasteiger partial charge on any atom is 0.234 e. The maximum atomic E-state index is 11.8. The molecule has 1 saturated heterocycles. The fraction of sp³-hybridized carbons (Fsp3) is 0.923. The highest BCUT2D eigenvalue weighted by Gasteiger charge is 2.29. The van der Waals surface area contributed by atoms with Gasteiger partial charge in [0.2, 0.25) is 5.91 Å². The zero-order valence-corrected chi connectivity index (χ0v) is 10.8. The smallest absolute Gasteiger partial charge is 0.234 e. The quantitative estimate of drug-likeness (QED) is 0.776. The SMILES string of the molecule is CC1(NCC(=O)NC2CCCCC2)CCOC1. The monoisotopic (exact) mass is 240 g/mol. The Balaban J connectivity index is 1.66. The standard InChI is InChI=1S/C13H24N2O2/c1-13(7-8-17-10-13)14-9-12(16)15-11-5-3-2-4-6-11/h11,14H,2-10H2,1H3,(H,15,16). The molecule has 0 aromatic rings. The molecule has 4 heteroatoms. The number of rotatable bonds is 4. The first kappa shape index (κ1) is 12.8. The fourth-order valence-electron chi connectivity index (χ4n) is 2.63. The molecule has 2 rings (SSSR count). The number of carbonyl (C=O) groups excluding carboxylic acids is 1. The highest BCUT2D eigenvalue weighted by atomic mass is 16.5. The van der Waals surface area contributed by atoms with Crippen LogP contribution in [-0.2, 0) is 9.53 Å². The van der Waals surface area contributed by atoms with Crippen LogP contribution in [0.5, 0.6) is 0 Å². The maximum absolute atomic E-state index is 11.8. The molecule has 1 saturated carbocycles. The summed E-state index contributed by atoms with van der Waals surface area (Å²) in [5, 5.41) is 6.43. The zero-order chi connectivity index (χ0) is 12.1. The van der Waals surface area contributed by atoms with Crippen LogP contribution in [0.4, 0.5) is 0 Å². The van der Waals surface area contributed by atoms with Crippen LogP contribution < -0.4 is 10.6 Å². The van der Waals surface area contributed by atoms with E-state index in [0.29, 0.717) is 19.2 Å². The van der Waals surface area contributed by atoms with E-state index in [9.17, 15) is 4.79 Å². The van der Waals surface area contributed by atoms with Crippen LogP contribution >= 0.6 is 0 Å². The van der Waals surface area contributed by atoms with Gasteiger partial charge in [0, 0.05) is 18.2 Å².